The lowest BCUT2D eigenvalue weighted by Crippen LogP contribution is -2.76. The summed E-state index contributed by atoms with van der Waals surface area (Å²) in [4.78, 5) is 21.3. The van der Waals surface area contributed by atoms with Gasteiger partial charge in [-0.25, -0.2) is 6.57 Å². The highest BCUT2D eigenvalue weighted by Gasteiger charge is 2.83. The van der Waals surface area contributed by atoms with Crippen LogP contribution in [0.2, 0.25) is 0 Å². The van der Waals surface area contributed by atoms with Crippen molar-refractivity contribution in [2.45, 2.75) is 74.5 Å². The minimum atomic E-state index is -1.93. The van der Waals surface area contributed by atoms with Gasteiger partial charge in [0.15, 0.2) is 17.5 Å². The summed E-state index contributed by atoms with van der Waals surface area (Å²) in [6.45, 7) is 21.7. The molecule has 0 saturated heterocycles. The summed E-state index contributed by atoms with van der Waals surface area (Å²) < 4.78 is 0. The Hall–Kier alpha value is -2.13. The third-order valence-electron chi connectivity index (χ3n) is 9.26. The van der Waals surface area contributed by atoms with Crippen molar-refractivity contribution in [3.8, 4) is 0 Å². The fraction of sp³-hybridized carbons (Fsp3) is 0.538. The largest absolute Gasteiger partial charge is 0.378 e. The quantitative estimate of drug-likeness (QED) is 0.342. The Balaban J connectivity index is 2.11. The number of nitrogens with zero attached hydrogens (tertiary/aromatic N) is 1. The number of aromatic amines is 1. The van der Waals surface area contributed by atoms with E-state index in [1.54, 1.807) is 26.8 Å². The van der Waals surface area contributed by atoms with Crippen LogP contribution in [0.5, 0.6) is 0 Å². The van der Waals surface area contributed by atoms with Crippen LogP contribution in [0.4, 0.5) is 0 Å². The van der Waals surface area contributed by atoms with Crippen molar-refractivity contribution in [2.75, 3.05) is 0 Å². The molecule has 3 aliphatic carbocycles. The van der Waals surface area contributed by atoms with Crippen molar-refractivity contribution in [3.63, 3.8) is 0 Å². The van der Waals surface area contributed by atoms with Crippen LogP contribution in [-0.4, -0.2) is 38.0 Å². The Labute approximate surface area is 193 Å². The second-order valence-electron chi connectivity index (χ2n) is 11.1. The number of halogens is 1. The number of aliphatic hydroxyl groups excluding tert-OH is 1. The minimum Gasteiger partial charge on any atom is -0.378 e. The maximum absolute atomic E-state index is 13.9. The van der Waals surface area contributed by atoms with Gasteiger partial charge in [-0.2, -0.15) is 0 Å². The van der Waals surface area contributed by atoms with Crippen molar-refractivity contribution in [1.29, 1.82) is 0 Å². The maximum atomic E-state index is 13.9. The van der Waals surface area contributed by atoms with Crippen LogP contribution in [0.1, 0.15) is 57.9 Å². The zero-order valence-electron chi connectivity index (χ0n) is 19.1. The van der Waals surface area contributed by atoms with Gasteiger partial charge in [0.1, 0.15) is 0 Å². The Bertz CT molecular complexity index is 1250. The molecular weight excluding hydrogens is 424 g/mol. The molecule has 0 radical (unpaired) electrons. The molecule has 32 heavy (non-hydrogen) atoms. The van der Waals surface area contributed by atoms with Crippen LogP contribution in [0.15, 0.2) is 30.9 Å². The van der Waals surface area contributed by atoms with Crippen LogP contribution < -0.4 is 0 Å². The molecule has 168 valence electrons. The highest BCUT2D eigenvalue weighted by atomic mass is 35.5. The third kappa shape index (κ3) is 1.87. The Morgan fingerprint density at radius 2 is 1.94 bits per heavy atom. The zero-order chi connectivity index (χ0) is 23.6. The minimum absolute atomic E-state index is 0.409. The molecule has 3 aliphatic rings. The van der Waals surface area contributed by atoms with Gasteiger partial charge in [0.25, 0.3) is 0 Å². The number of nitrogens with one attached hydrogen (secondary N) is 1. The standard InChI is InChI=1S/C26H29ClN2O3/c1-8-24(6)16(27)12-15-22(2,3)13-10-9-11-14-17(13)18-19(29-14)23(4,5)20(30)21(31)26(24,28-7)25(15,18)32/h8-11,15-16,21,29,31-32H,1,12H2,2-6H3/t15-,16-,21-,24+,25-,26+/m1/s1. The molecule has 6 heteroatoms. The number of benzene rings is 1. The summed E-state index contributed by atoms with van der Waals surface area (Å²) in [5.74, 6) is -1.00. The van der Waals surface area contributed by atoms with Crippen molar-refractivity contribution in [1.82, 2.24) is 4.98 Å². The summed E-state index contributed by atoms with van der Waals surface area (Å²) in [5.41, 5.74) is -3.70. The first-order chi connectivity index (χ1) is 14.8. The fourth-order valence-corrected chi connectivity index (χ4v) is 7.68. The predicted octanol–water partition coefficient (Wildman–Crippen LogP) is 4.35. The van der Waals surface area contributed by atoms with E-state index in [9.17, 15) is 15.0 Å². The molecule has 1 fully saturated rings. The number of ketones is 1. The molecular formula is C26H29ClN2O3. The van der Waals surface area contributed by atoms with Gasteiger partial charge in [-0.15, -0.1) is 18.2 Å². The van der Waals surface area contributed by atoms with Crippen LogP contribution in [-0.2, 0) is 21.2 Å². The van der Waals surface area contributed by atoms with Gasteiger partial charge in [-0.1, -0.05) is 32.1 Å². The molecule has 2 aromatic rings. The first-order valence-electron chi connectivity index (χ1n) is 11.1. The van der Waals surface area contributed by atoms with Crippen molar-refractivity contribution in [3.05, 3.63) is 59.1 Å². The lowest BCUT2D eigenvalue weighted by molar-refractivity contribution is -0.192. The first kappa shape index (κ1) is 21.7. The van der Waals surface area contributed by atoms with Gasteiger partial charge in [0.2, 0.25) is 0 Å². The second kappa shape index (κ2) is 5.86. The van der Waals surface area contributed by atoms with E-state index in [2.05, 4.69) is 36.3 Å². The maximum Gasteiger partial charge on any atom is 0.307 e. The second-order valence-corrected chi connectivity index (χ2v) is 11.6. The number of aliphatic hydroxyl groups is 2. The molecule has 0 aliphatic heterocycles. The molecule has 0 unspecified atom stereocenters. The van der Waals surface area contributed by atoms with Gasteiger partial charge in [-0.05, 0) is 44.2 Å². The lowest BCUT2D eigenvalue weighted by atomic mass is 9.42. The summed E-state index contributed by atoms with van der Waals surface area (Å²) in [6.07, 6.45) is 0.221. The number of aromatic nitrogens is 1. The number of H-pyrrole nitrogens is 1. The molecule has 0 bridgehead atoms. The lowest BCUT2D eigenvalue weighted by Gasteiger charge is -2.61. The van der Waals surface area contributed by atoms with Gasteiger partial charge in [-0.3, -0.25) is 4.79 Å². The highest BCUT2D eigenvalue weighted by Crippen LogP contribution is 2.70. The number of carbonyl (C=O) groups excluding carboxylic acids is 1. The summed E-state index contributed by atoms with van der Waals surface area (Å²) in [6, 6.07) is 5.96. The summed E-state index contributed by atoms with van der Waals surface area (Å²) in [7, 11) is 0. The molecule has 1 heterocycles. The number of hydrogen-bond acceptors (Lipinski definition) is 3. The molecule has 1 aromatic carbocycles. The molecule has 6 atom stereocenters. The molecule has 0 amide bonds. The molecule has 3 N–H and O–H groups in total. The predicted molar refractivity (Wildman–Crippen MR) is 125 cm³/mol. The molecule has 5 nitrogen and oxygen atoms in total. The van der Waals surface area contributed by atoms with Crippen LogP contribution in [0, 0.1) is 17.9 Å². The van der Waals surface area contributed by atoms with Crippen LogP contribution in [0.25, 0.3) is 15.7 Å². The van der Waals surface area contributed by atoms with Crippen molar-refractivity contribution in [2.24, 2.45) is 11.3 Å². The van der Waals surface area contributed by atoms with Crippen LogP contribution in [0.3, 0.4) is 0 Å². The smallest absolute Gasteiger partial charge is 0.307 e. The van der Waals surface area contributed by atoms with E-state index >= 15 is 0 Å². The molecule has 1 aromatic heterocycles. The number of carbonyl (C=O) groups is 1. The number of hydrogen-bond donors (Lipinski definition) is 3. The average Bonchev–Trinajstić information content (AvgIpc) is 3.14. The number of rotatable bonds is 1. The Kier molecular flexibility index (Phi) is 3.97. The Morgan fingerprint density at radius 1 is 1.28 bits per heavy atom. The van der Waals surface area contributed by atoms with E-state index < -0.39 is 50.6 Å². The average molecular weight is 453 g/mol. The third-order valence-corrected chi connectivity index (χ3v) is 9.89. The monoisotopic (exact) mass is 452 g/mol. The van der Waals surface area contributed by atoms with Crippen LogP contribution >= 0.6 is 11.6 Å². The highest BCUT2D eigenvalue weighted by molar-refractivity contribution is 6.21. The fourth-order valence-electron chi connectivity index (χ4n) is 7.25. The van der Waals surface area contributed by atoms with E-state index in [-0.39, 0.29) is 0 Å². The van der Waals surface area contributed by atoms with E-state index in [1.807, 2.05) is 12.1 Å². The summed E-state index contributed by atoms with van der Waals surface area (Å²) >= 11 is 6.98. The topological polar surface area (TPSA) is 77.7 Å². The van der Waals surface area contributed by atoms with Crippen molar-refractivity contribution >= 4 is 28.3 Å². The summed E-state index contributed by atoms with van der Waals surface area (Å²) in [5, 5.41) is 24.9. The number of Topliss-reactive ketones (excluding diaryl/α,β-unsaturated/α-hetero) is 1. The Morgan fingerprint density at radius 3 is 2.53 bits per heavy atom. The molecule has 5 rings (SSSR count). The van der Waals surface area contributed by atoms with E-state index in [0.717, 1.165) is 16.5 Å². The van der Waals surface area contributed by atoms with Crippen molar-refractivity contribution < 1.29 is 15.0 Å². The zero-order valence-corrected chi connectivity index (χ0v) is 19.8. The van der Waals surface area contributed by atoms with Gasteiger partial charge >= 0.3 is 5.54 Å². The first-order valence-corrected chi connectivity index (χ1v) is 11.5. The van der Waals surface area contributed by atoms with Gasteiger partial charge in [0, 0.05) is 28.1 Å². The van der Waals surface area contributed by atoms with E-state index in [0.29, 0.717) is 17.7 Å². The van der Waals surface area contributed by atoms with E-state index in [4.69, 9.17) is 18.2 Å². The number of alkyl halides is 1. The van der Waals surface area contributed by atoms with Gasteiger partial charge in [0.05, 0.1) is 16.2 Å². The molecule has 0 spiro atoms. The van der Waals surface area contributed by atoms with Gasteiger partial charge < -0.3 is 20.0 Å². The van der Waals surface area contributed by atoms with E-state index in [1.165, 1.54) is 0 Å². The normalized spacial score (nSPS) is 41.1. The SMILES string of the molecule is [C-]#[N+][C@]12[C@H](O)C(=O)C(C)(C)c3[nH]c4cccc5c4c3[C@]1(O)[C@H](C[C@@H](Cl)[C@]2(C)C=C)C5(C)C. The molecule has 1 saturated carbocycles.